The van der Waals surface area contributed by atoms with E-state index in [2.05, 4.69) is 226 Å². The highest BCUT2D eigenvalue weighted by molar-refractivity contribution is 6.13. The summed E-state index contributed by atoms with van der Waals surface area (Å²) in [4.78, 5) is 2.34. The van der Waals surface area contributed by atoms with Gasteiger partial charge >= 0.3 is 0 Å². The average molecular weight is 742 g/mol. The maximum absolute atomic E-state index is 6.50. The maximum Gasteiger partial charge on any atom is 0.152 e. The molecule has 1 aliphatic rings. The zero-order chi connectivity index (χ0) is 38.2. The number of nitrogens with zero attached hydrogens (tertiary/aromatic N) is 3. The normalized spacial score (nSPS) is 11.9. The van der Waals surface area contributed by atoms with Crippen molar-refractivity contribution < 1.29 is 4.74 Å². The van der Waals surface area contributed by atoms with Crippen LogP contribution in [0.5, 0.6) is 11.5 Å². The van der Waals surface area contributed by atoms with Crippen molar-refractivity contribution in [2.75, 3.05) is 4.90 Å². The molecule has 0 aliphatic carbocycles. The fraction of sp³-hybridized carbons (Fsp3) is 0. The summed E-state index contributed by atoms with van der Waals surface area (Å²) in [6.07, 6.45) is 0. The van der Waals surface area contributed by atoms with E-state index in [1.165, 1.54) is 43.7 Å². The first-order valence-electron chi connectivity index (χ1n) is 19.8. The Kier molecular flexibility index (Phi) is 7.20. The van der Waals surface area contributed by atoms with Gasteiger partial charge in [-0.25, -0.2) is 0 Å². The molecule has 0 amide bonds. The molecule has 3 heterocycles. The minimum absolute atomic E-state index is 0.860. The van der Waals surface area contributed by atoms with Crippen molar-refractivity contribution in [1.82, 2.24) is 9.13 Å². The lowest BCUT2D eigenvalue weighted by molar-refractivity contribution is 0.476. The molecule has 0 saturated carbocycles. The molecule has 0 radical (unpaired) electrons. The molecular weight excluding hydrogens is 707 g/mol. The van der Waals surface area contributed by atoms with Crippen LogP contribution in [0, 0.1) is 0 Å². The number of ether oxygens (including phenoxy) is 1. The van der Waals surface area contributed by atoms with Crippen LogP contribution in [0.25, 0.3) is 77.2 Å². The Hall–Kier alpha value is -7.82. The molecule has 12 rings (SSSR count). The predicted octanol–water partition coefficient (Wildman–Crippen LogP) is 14.8. The Labute approximate surface area is 335 Å². The van der Waals surface area contributed by atoms with Gasteiger partial charge in [0.2, 0.25) is 0 Å². The molecule has 272 valence electrons. The molecule has 0 N–H and O–H groups in total. The number of aromatic nitrogens is 2. The first-order chi connectivity index (χ1) is 28.8. The molecule has 2 aromatic heterocycles. The second-order valence-corrected chi connectivity index (χ2v) is 15.0. The van der Waals surface area contributed by atoms with Crippen LogP contribution >= 0.6 is 0 Å². The molecule has 4 nitrogen and oxygen atoms in total. The SMILES string of the molecule is c1ccc(-c2ccc3c(c2)c2cc(N(c4ccccc4)c4ccccc4)ccc2n3-c2ccc(-c3ccc4c(c3)-n3c5ccccc5c5cccc(c53)O4)cc2)cc1. The van der Waals surface area contributed by atoms with Gasteiger partial charge in [-0.2, -0.15) is 0 Å². The fourth-order valence-corrected chi connectivity index (χ4v) is 9.04. The van der Waals surface area contributed by atoms with E-state index in [9.17, 15) is 0 Å². The van der Waals surface area contributed by atoms with Crippen molar-refractivity contribution in [2.24, 2.45) is 0 Å². The van der Waals surface area contributed by atoms with E-state index in [0.29, 0.717) is 0 Å². The van der Waals surface area contributed by atoms with Crippen molar-refractivity contribution in [3.8, 4) is 45.1 Å². The molecule has 0 spiro atoms. The Morgan fingerprint density at radius 3 is 1.66 bits per heavy atom. The molecule has 0 fully saturated rings. The van der Waals surface area contributed by atoms with Gasteiger partial charge in [0.1, 0.15) is 0 Å². The zero-order valence-electron chi connectivity index (χ0n) is 31.5. The third kappa shape index (κ3) is 5.02. The summed E-state index contributed by atoms with van der Waals surface area (Å²) in [5, 5.41) is 4.85. The molecule has 58 heavy (non-hydrogen) atoms. The summed E-state index contributed by atoms with van der Waals surface area (Å²) >= 11 is 0. The number of hydrogen-bond donors (Lipinski definition) is 0. The van der Waals surface area contributed by atoms with Gasteiger partial charge < -0.3 is 18.8 Å². The monoisotopic (exact) mass is 741 g/mol. The minimum atomic E-state index is 0.860. The first kappa shape index (κ1) is 32.4. The zero-order valence-corrected chi connectivity index (χ0v) is 31.5. The molecule has 11 aromatic rings. The van der Waals surface area contributed by atoms with Gasteiger partial charge in [0, 0.05) is 44.3 Å². The van der Waals surface area contributed by atoms with Gasteiger partial charge in [0.25, 0.3) is 0 Å². The molecule has 0 atom stereocenters. The predicted molar refractivity (Wildman–Crippen MR) is 241 cm³/mol. The highest BCUT2D eigenvalue weighted by atomic mass is 16.5. The Morgan fingerprint density at radius 2 is 0.897 bits per heavy atom. The van der Waals surface area contributed by atoms with Gasteiger partial charge in [-0.15, -0.1) is 0 Å². The Morgan fingerprint density at radius 1 is 0.328 bits per heavy atom. The number of hydrogen-bond acceptors (Lipinski definition) is 2. The summed E-state index contributed by atoms with van der Waals surface area (Å²) in [5.74, 6) is 1.75. The second-order valence-electron chi connectivity index (χ2n) is 15.0. The van der Waals surface area contributed by atoms with Gasteiger partial charge in [-0.05, 0) is 113 Å². The number of para-hydroxylation sites is 4. The topological polar surface area (TPSA) is 22.3 Å². The minimum Gasteiger partial charge on any atom is -0.453 e. The van der Waals surface area contributed by atoms with Crippen molar-refractivity contribution in [1.29, 1.82) is 0 Å². The largest absolute Gasteiger partial charge is 0.453 e. The number of benzene rings is 9. The molecule has 1 aliphatic heterocycles. The summed E-state index contributed by atoms with van der Waals surface area (Å²) in [7, 11) is 0. The first-order valence-corrected chi connectivity index (χ1v) is 19.8. The van der Waals surface area contributed by atoms with Gasteiger partial charge in [-0.1, -0.05) is 121 Å². The van der Waals surface area contributed by atoms with Crippen LogP contribution in [0.15, 0.2) is 212 Å². The molecule has 0 saturated heterocycles. The van der Waals surface area contributed by atoms with Crippen molar-refractivity contribution in [3.05, 3.63) is 212 Å². The van der Waals surface area contributed by atoms with Crippen LogP contribution in [-0.2, 0) is 0 Å². The van der Waals surface area contributed by atoms with Gasteiger partial charge in [0.15, 0.2) is 11.5 Å². The third-order valence-electron chi connectivity index (χ3n) is 11.7. The van der Waals surface area contributed by atoms with E-state index in [1.807, 2.05) is 0 Å². The summed E-state index contributed by atoms with van der Waals surface area (Å²) in [6, 6.07) is 76.2. The Bertz CT molecular complexity index is 3310. The van der Waals surface area contributed by atoms with Crippen LogP contribution in [0.1, 0.15) is 0 Å². The molecular formula is C54H35N3O. The lowest BCUT2D eigenvalue weighted by Gasteiger charge is -2.25. The van der Waals surface area contributed by atoms with E-state index in [1.54, 1.807) is 0 Å². The van der Waals surface area contributed by atoms with E-state index < -0.39 is 0 Å². The van der Waals surface area contributed by atoms with E-state index in [-0.39, 0.29) is 0 Å². The van der Waals surface area contributed by atoms with Crippen molar-refractivity contribution in [3.63, 3.8) is 0 Å². The van der Waals surface area contributed by atoms with E-state index in [4.69, 9.17) is 4.74 Å². The fourth-order valence-electron chi connectivity index (χ4n) is 9.04. The highest BCUT2D eigenvalue weighted by Crippen LogP contribution is 2.47. The van der Waals surface area contributed by atoms with Crippen LogP contribution in [0.2, 0.25) is 0 Å². The van der Waals surface area contributed by atoms with Crippen LogP contribution < -0.4 is 9.64 Å². The quantitative estimate of drug-likeness (QED) is 0.169. The van der Waals surface area contributed by atoms with Crippen molar-refractivity contribution in [2.45, 2.75) is 0 Å². The second kappa shape index (κ2) is 12.9. The summed E-state index contributed by atoms with van der Waals surface area (Å²) in [5.41, 5.74) is 14.8. The number of fused-ring (bicyclic) bond motifs is 8. The van der Waals surface area contributed by atoms with E-state index in [0.717, 1.165) is 62.1 Å². The molecule has 4 heteroatoms. The van der Waals surface area contributed by atoms with Crippen LogP contribution in [0.3, 0.4) is 0 Å². The number of rotatable bonds is 6. The smallest absolute Gasteiger partial charge is 0.152 e. The van der Waals surface area contributed by atoms with Gasteiger partial charge in [-0.3, -0.25) is 0 Å². The summed E-state index contributed by atoms with van der Waals surface area (Å²) < 4.78 is 11.3. The van der Waals surface area contributed by atoms with Crippen LogP contribution in [-0.4, -0.2) is 9.13 Å². The maximum atomic E-state index is 6.50. The van der Waals surface area contributed by atoms with Gasteiger partial charge in [0.05, 0.1) is 27.8 Å². The van der Waals surface area contributed by atoms with Crippen molar-refractivity contribution >= 4 is 60.7 Å². The lowest BCUT2D eigenvalue weighted by atomic mass is 10.0. The molecule has 9 aromatic carbocycles. The lowest BCUT2D eigenvalue weighted by Crippen LogP contribution is -2.09. The Balaban J connectivity index is 0.999. The number of anilines is 3. The summed E-state index contributed by atoms with van der Waals surface area (Å²) in [6.45, 7) is 0. The standard InChI is InChI=1S/C54H35N3O/c1-4-13-36(14-5-1)38-25-30-49-46(33-38)47-35-43(55(40-15-6-2-7-16-40)41-17-8-3-9-18-41)29-31-50(47)56(49)42-27-23-37(24-28-42)39-26-32-52-51(34-39)57-48-21-11-10-19-44(48)45-20-12-22-53(58-52)54(45)57/h1-35H. The highest BCUT2D eigenvalue weighted by Gasteiger charge is 2.24. The van der Waals surface area contributed by atoms with E-state index >= 15 is 0 Å². The van der Waals surface area contributed by atoms with Crippen LogP contribution in [0.4, 0.5) is 17.1 Å². The average Bonchev–Trinajstić information content (AvgIpc) is 3.81. The molecule has 0 bridgehead atoms. The third-order valence-corrected chi connectivity index (χ3v) is 11.7. The molecule has 0 unspecified atom stereocenters.